The molecule has 0 bridgehead atoms. The van der Waals surface area contributed by atoms with Crippen LogP contribution in [0, 0.1) is 23.1 Å². The summed E-state index contributed by atoms with van der Waals surface area (Å²) in [5, 5.41) is 8.64. The van der Waals surface area contributed by atoms with Crippen LogP contribution in [0.5, 0.6) is 0 Å². The van der Waals surface area contributed by atoms with E-state index in [0.29, 0.717) is 18.5 Å². The molecular formula is C17H22FNO2. The van der Waals surface area contributed by atoms with Crippen molar-refractivity contribution in [1.82, 2.24) is 4.90 Å². The average molecular weight is 291 g/mol. The smallest absolute Gasteiger partial charge is 0.253 e. The SMILES string of the molecule is CN(CC(C)(C)C)C(=O)c1ccc(C#CCCO)c(F)c1. The van der Waals surface area contributed by atoms with Gasteiger partial charge in [-0.05, 0) is 23.6 Å². The van der Waals surface area contributed by atoms with E-state index >= 15 is 0 Å². The van der Waals surface area contributed by atoms with Gasteiger partial charge in [-0.3, -0.25) is 4.79 Å². The lowest BCUT2D eigenvalue weighted by atomic mass is 9.96. The van der Waals surface area contributed by atoms with Crippen LogP contribution in [-0.2, 0) is 0 Å². The van der Waals surface area contributed by atoms with Crippen LogP contribution in [0.1, 0.15) is 43.1 Å². The maximum atomic E-state index is 13.9. The quantitative estimate of drug-likeness (QED) is 0.870. The number of aliphatic hydroxyl groups is 1. The number of carbonyl (C=O) groups is 1. The molecule has 0 unspecified atom stereocenters. The predicted octanol–water partition coefficient (Wildman–Crippen LogP) is 2.68. The molecule has 21 heavy (non-hydrogen) atoms. The van der Waals surface area contributed by atoms with Gasteiger partial charge >= 0.3 is 0 Å². The zero-order valence-corrected chi connectivity index (χ0v) is 13.0. The molecule has 0 aliphatic carbocycles. The second-order valence-corrected chi connectivity index (χ2v) is 6.19. The van der Waals surface area contributed by atoms with E-state index in [1.54, 1.807) is 18.0 Å². The second kappa shape index (κ2) is 7.24. The number of hydrogen-bond acceptors (Lipinski definition) is 2. The normalized spacial score (nSPS) is 10.8. The summed E-state index contributed by atoms with van der Waals surface area (Å²) in [5.41, 5.74) is 0.531. The summed E-state index contributed by atoms with van der Waals surface area (Å²) in [6, 6.07) is 4.29. The van der Waals surface area contributed by atoms with Crippen LogP contribution in [0.4, 0.5) is 4.39 Å². The average Bonchev–Trinajstić information content (AvgIpc) is 2.38. The van der Waals surface area contributed by atoms with Crippen molar-refractivity contribution in [3.05, 3.63) is 35.1 Å². The highest BCUT2D eigenvalue weighted by Gasteiger charge is 2.19. The Labute approximate surface area is 125 Å². The van der Waals surface area contributed by atoms with Gasteiger partial charge in [-0.2, -0.15) is 0 Å². The molecule has 1 aromatic carbocycles. The van der Waals surface area contributed by atoms with Gasteiger partial charge in [-0.25, -0.2) is 4.39 Å². The number of benzene rings is 1. The van der Waals surface area contributed by atoms with Gasteiger partial charge < -0.3 is 10.0 Å². The highest BCUT2D eigenvalue weighted by molar-refractivity contribution is 5.94. The first-order chi connectivity index (χ1) is 9.74. The predicted molar refractivity (Wildman–Crippen MR) is 81.4 cm³/mol. The number of aliphatic hydroxyl groups excluding tert-OH is 1. The van der Waals surface area contributed by atoms with Gasteiger partial charge in [0.2, 0.25) is 0 Å². The molecule has 0 heterocycles. The topological polar surface area (TPSA) is 40.5 Å². The third-order valence-electron chi connectivity index (χ3n) is 2.73. The number of amides is 1. The largest absolute Gasteiger partial charge is 0.395 e. The summed E-state index contributed by atoms with van der Waals surface area (Å²) >= 11 is 0. The molecule has 0 saturated carbocycles. The summed E-state index contributed by atoms with van der Waals surface area (Å²) in [4.78, 5) is 13.8. The van der Waals surface area contributed by atoms with Crippen molar-refractivity contribution in [2.24, 2.45) is 5.41 Å². The molecule has 1 aromatic rings. The highest BCUT2D eigenvalue weighted by atomic mass is 19.1. The molecule has 4 heteroatoms. The molecule has 0 aromatic heterocycles. The van der Waals surface area contributed by atoms with E-state index < -0.39 is 5.82 Å². The standard InChI is InChI=1S/C17H22FNO2/c1-17(2,3)12-19(4)16(21)14-9-8-13(15(18)11-14)7-5-6-10-20/h8-9,11,20H,6,10,12H2,1-4H3. The molecule has 0 saturated heterocycles. The van der Waals surface area contributed by atoms with Crippen LogP contribution in [-0.4, -0.2) is 36.1 Å². The van der Waals surface area contributed by atoms with E-state index in [1.807, 2.05) is 20.8 Å². The fourth-order valence-electron chi connectivity index (χ4n) is 1.97. The van der Waals surface area contributed by atoms with Crippen LogP contribution in [0.25, 0.3) is 0 Å². The van der Waals surface area contributed by atoms with Gasteiger partial charge in [0.1, 0.15) is 5.82 Å². The van der Waals surface area contributed by atoms with E-state index in [9.17, 15) is 9.18 Å². The lowest BCUT2D eigenvalue weighted by molar-refractivity contribution is 0.0745. The third kappa shape index (κ3) is 5.57. The molecular weight excluding hydrogens is 269 g/mol. The Hall–Kier alpha value is -1.86. The zero-order valence-electron chi connectivity index (χ0n) is 13.0. The van der Waals surface area contributed by atoms with Gasteiger partial charge in [0.15, 0.2) is 0 Å². The molecule has 0 atom stereocenters. The Morgan fingerprint density at radius 3 is 2.57 bits per heavy atom. The minimum Gasteiger partial charge on any atom is -0.395 e. The van der Waals surface area contributed by atoms with Gasteiger partial charge in [0.05, 0.1) is 12.2 Å². The molecule has 3 nitrogen and oxygen atoms in total. The third-order valence-corrected chi connectivity index (χ3v) is 2.73. The molecule has 0 spiro atoms. The lowest BCUT2D eigenvalue weighted by Gasteiger charge is -2.26. The van der Waals surface area contributed by atoms with Crippen LogP contribution < -0.4 is 0 Å². The summed E-state index contributed by atoms with van der Waals surface area (Å²) in [6.45, 7) is 6.65. The number of nitrogens with zero attached hydrogens (tertiary/aromatic N) is 1. The maximum Gasteiger partial charge on any atom is 0.253 e. The molecule has 1 amide bonds. The van der Waals surface area contributed by atoms with Crippen molar-refractivity contribution < 1.29 is 14.3 Å². The summed E-state index contributed by atoms with van der Waals surface area (Å²) < 4.78 is 13.9. The first-order valence-corrected chi connectivity index (χ1v) is 6.89. The van der Waals surface area contributed by atoms with Gasteiger partial charge in [0.25, 0.3) is 5.91 Å². The molecule has 0 radical (unpaired) electrons. The van der Waals surface area contributed by atoms with Crippen LogP contribution in [0.3, 0.4) is 0 Å². The van der Waals surface area contributed by atoms with Crippen molar-refractivity contribution in [3.8, 4) is 11.8 Å². The van der Waals surface area contributed by atoms with Crippen LogP contribution >= 0.6 is 0 Å². The van der Waals surface area contributed by atoms with Crippen LogP contribution in [0.2, 0.25) is 0 Å². The minimum atomic E-state index is -0.518. The molecule has 0 aliphatic rings. The Bertz CT molecular complexity index is 564. The summed E-state index contributed by atoms with van der Waals surface area (Å²) in [6.07, 6.45) is 0.300. The van der Waals surface area contributed by atoms with E-state index in [1.165, 1.54) is 12.1 Å². The Morgan fingerprint density at radius 2 is 2.05 bits per heavy atom. The second-order valence-electron chi connectivity index (χ2n) is 6.19. The minimum absolute atomic E-state index is 0.0152. The van der Waals surface area contributed by atoms with E-state index in [4.69, 9.17) is 5.11 Å². The molecule has 114 valence electrons. The van der Waals surface area contributed by atoms with E-state index in [-0.39, 0.29) is 23.5 Å². The Balaban J connectivity index is 2.89. The maximum absolute atomic E-state index is 13.9. The molecule has 1 rings (SSSR count). The van der Waals surface area contributed by atoms with E-state index in [2.05, 4.69) is 11.8 Å². The van der Waals surface area contributed by atoms with E-state index in [0.717, 1.165) is 0 Å². The van der Waals surface area contributed by atoms with Crippen molar-refractivity contribution >= 4 is 5.91 Å². The fourth-order valence-corrected chi connectivity index (χ4v) is 1.97. The number of halogens is 1. The molecule has 0 fully saturated rings. The van der Waals surface area contributed by atoms with Crippen molar-refractivity contribution in [1.29, 1.82) is 0 Å². The highest BCUT2D eigenvalue weighted by Crippen LogP contribution is 2.17. The fraction of sp³-hybridized carbons (Fsp3) is 0.471. The van der Waals surface area contributed by atoms with Crippen LogP contribution in [0.15, 0.2) is 18.2 Å². The number of hydrogen-bond donors (Lipinski definition) is 1. The van der Waals surface area contributed by atoms with Gasteiger partial charge in [0, 0.05) is 25.6 Å². The van der Waals surface area contributed by atoms with Crippen molar-refractivity contribution in [2.75, 3.05) is 20.2 Å². The van der Waals surface area contributed by atoms with Crippen molar-refractivity contribution in [2.45, 2.75) is 27.2 Å². The molecule has 1 N–H and O–H groups in total. The number of rotatable bonds is 3. The first kappa shape index (κ1) is 17.2. The summed E-state index contributed by atoms with van der Waals surface area (Å²) in [7, 11) is 1.71. The Morgan fingerprint density at radius 1 is 1.38 bits per heavy atom. The zero-order chi connectivity index (χ0) is 16.0. The van der Waals surface area contributed by atoms with Gasteiger partial charge in [-0.1, -0.05) is 32.6 Å². The first-order valence-electron chi connectivity index (χ1n) is 6.89. The van der Waals surface area contributed by atoms with Crippen molar-refractivity contribution in [3.63, 3.8) is 0 Å². The number of carbonyl (C=O) groups excluding carboxylic acids is 1. The van der Waals surface area contributed by atoms with Gasteiger partial charge in [-0.15, -0.1) is 0 Å². The monoisotopic (exact) mass is 291 g/mol. The summed E-state index contributed by atoms with van der Waals surface area (Å²) in [5.74, 6) is 4.57. The Kier molecular flexibility index (Phi) is 5.92. The lowest BCUT2D eigenvalue weighted by Crippen LogP contribution is -2.34. The molecule has 0 aliphatic heterocycles.